The zero-order valence-electron chi connectivity index (χ0n) is 15.7. The van der Waals surface area contributed by atoms with Crippen LogP contribution in [0.1, 0.15) is 35.5 Å². The van der Waals surface area contributed by atoms with Crippen molar-refractivity contribution in [2.75, 3.05) is 0 Å². The molecule has 1 heterocycles. The molecule has 0 atom stereocenters. The van der Waals surface area contributed by atoms with Crippen molar-refractivity contribution in [1.82, 2.24) is 4.98 Å². The number of hydrogen-bond acceptors (Lipinski definition) is 3. The molecule has 0 saturated heterocycles. The fourth-order valence-corrected chi connectivity index (χ4v) is 3.05. The molecule has 3 rings (SSSR count). The third-order valence-electron chi connectivity index (χ3n) is 4.39. The van der Waals surface area contributed by atoms with Crippen LogP contribution in [-0.2, 0) is 13.0 Å². The molecule has 0 fully saturated rings. The number of aromatic nitrogens is 1. The highest BCUT2D eigenvalue weighted by Crippen LogP contribution is 2.28. The van der Waals surface area contributed by atoms with Crippen molar-refractivity contribution in [3.63, 3.8) is 0 Å². The highest BCUT2D eigenvalue weighted by Gasteiger charge is 2.14. The van der Waals surface area contributed by atoms with E-state index in [-0.39, 0.29) is 0 Å². The van der Waals surface area contributed by atoms with E-state index in [0.717, 1.165) is 40.1 Å². The van der Waals surface area contributed by atoms with Gasteiger partial charge in [0.05, 0.1) is 5.69 Å². The summed E-state index contributed by atoms with van der Waals surface area (Å²) in [6.07, 6.45) is 0.806. The molecule has 3 aromatic rings. The molecule has 0 spiro atoms. The number of carbonyl (C=O) groups is 1. The van der Waals surface area contributed by atoms with Crippen LogP contribution in [0.5, 0.6) is 0 Å². The number of hydrogen-bond donors (Lipinski definition) is 2. The Hall–Kier alpha value is -2.98. The van der Waals surface area contributed by atoms with Gasteiger partial charge in [-0.15, -0.1) is 0 Å². The van der Waals surface area contributed by atoms with Crippen molar-refractivity contribution >= 4 is 5.91 Å². The van der Waals surface area contributed by atoms with Gasteiger partial charge in [-0.05, 0) is 41.2 Å². The first-order chi connectivity index (χ1) is 13.0. The van der Waals surface area contributed by atoms with Gasteiger partial charge in [0.1, 0.15) is 0 Å². The summed E-state index contributed by atoms with van der Waals surface area (Å²) in [5, 5.41) is 0. The molecule has 0 aliphatic rings. The number of carbonyl (C=O) groups excluding carboxylic acids is 1. The van der Waals surface area contributed by atoms with E-state index in [9.17, 15) is 4.79 Å². The predicted octanol–water partition coefficient (Wildman–Crippen LogP) is 3.97. The third-order valence-corrected chi connectivity index (χ3v) is 4.39. The summed E-state index contributed by atoms with van der Waals surface area (Å²) in [6, 6.07) is 20.8. The highest BCUT2D eigenvalue weighted by molar-refractivity contribution is 5.99. The molecule has 2 aromatic carbocycles. The molecule has 0 unspecified atom stereocenters. The van der Waals surface area contributed by atoms with E-state index in [1.807, 2.05) is 42.5 Å². The van der Waals surface area contributed by atoms with Crippen LogP contribution < -0.4 is 11.5 Å². The van der Waals surface area contributed by atoms with Crippen LogP contribution in [-0.4, -0.2) is 10.9 Å². The number of primary amides is 1. The Bertz CT molecular complexity index is 946. The third kappa shape index (κ3) is 4.41. The van der Waals surface area contributed by atoms with E-state index < -0.39 is 5.91 Å². The summed E-state index contributed by atoms with van der Waals surface area (Å²) in [7, 11) is 0. The van der Waals surface area contributed by atoms with Gasteiger partial charge in [0.15, 0.2) is 0 Å². The Morgan fingerprint density at radius 2 is 1.81 bits per heavy atom. The van der Waals surface area contributed by atoms with Gasteiger partial charge >= 0.3 is 0 Å². The molecule has 137 valence electrons. The van der Waals surface area contributed by atoms with Gasteiger partial charge in [0, 0.05) is 29.4 Å². The lowest BCUT2D eigenvalue weighted by Gasteiger charge is -2.12. The Morgan fingerprint density at radius 3 is 2.44 bits per heavy atom. The van der Waals surface area contributed by atoms with Gasteiger partial charge in [0.2, 0.25) is 5.91 Å². The van der Waals surface area contributed by atoms with Crippen LogP contribution in [0.3, 0.4) is 0 Å². The summed E-state index contributed by atoms with van der Waals surface area (Å²) in [5.74, 6) is -0.0117. The number of rotatable bonds is 6. The zero-order chi connectivity index (χ0) is 19.4. The minimum Gasteiger partial charge on any atom is -0.366 e. The zero-order valence-corrected chi connectivity index (χ0v) is 15.7. The normalized spacial score (nSPS) is 11.0. The van der Waals surface area contributed by atoms with Gasteiger partial charge in [-0.3, -0.25) is 9.78 Å². The first kappa shape index (κ1) is 18.8. The van der Waals surface area contributed by atoms with Crippen molar-refractivity contribution < 1.29 is 4.79 Å². The molecular formula is C23H24N3O. The molecule has 27 heavy (non-hydrogen) atoms. The molecular weight excluding hydrogens is 334 g/mol. The van der Waals surface area contributed by atoms with Crippen LogP contribution in [0.25, 0.3) is 22.4 Å². The minimum absolute atomic E-state index is 0.447. The van der Waals surface area contributed by atoms with Crippen LogP contribution >= 0.6 is 0 Å². The van der Waals surface area contributed by atoms with E-state index >= 15 is 0 Å². The fourth-order valence-electron chi connectivity index (χ4n) is 3.05. The second-order valence-corrected chi connectivity index (χ2v) is 7.04. The molecule has 0 saturated carbocycles. The van der Waals surface area contributed by atoms with E-state index in [4.69, 9.17) is 16.5 Å². The molecule has 1 amide bonds. The van der Waals surface area contributed by atoms with E-state index in [2.05, 4.69) is 19.9 Å². The van der Waals surface area contributed by atoms with Crippen molar-refractivity contribution in [1.29, 1.82) is 0 Å². The van der Waals surface area contributed by atoms with Crippen molar-refractivity contribution in [2.45, 2.75) is 26.8 Å². The first-order valence-corrected chi connectivity index (χ1v) is 9.09. The molecule has 0 aliphatic carbocycles. The largest absolute Gasteiger partial charge is 0.366 e. The topological polar surface area (TPSA) is 82.0 Å². The number of pyridine rings is 1. The maximum atomic E-state index is 11.9. The van der Waals surface area contributed by atoms with Crippen LogP contribution in [0, 0.1) is 12.0 Å². The van der Waals surface area contributed by atoms with Gasteiger partial charge in [-0.2, -0.15) is 0 Å². The Morgan fingerprint density at radius 1 is 1.11 bits per heavy atom. The van der Waals surface area contributed by atoms with Crippen molar-refractivity contribution in [2.24, 2.45) is 17.4 Å². The summed E-state index contributed by atoms with van der Waals surface area (Å²) in [4.78, 5) is 16.6. The maximum Gasteiger partial charge on any atom is 0.249 e. The summed E-state index contributed by atoms with van der Waals surface area (Å²) >= 11 is 0. The minimum atomic E-state index is -0.459. The lowest BCUT2D eigenvalue weighted by atomic mass is 9.97. The highest BCUT2D eigenvalue weighted by atomic mass is 16.1. The number of benzene rings is 2. The molecule has 4 heteroatoms. The Kier molecular flexibility index (Phi) is 5.67. The summed E-state index contributed by atoms with van der Waals surface area (Å²) in [5.41, 5.74) is 17.1. The molecule has 4 N–H and O–H groups in total. The second kappa shape index (κ2) is 8.14. The quantitative estimate of drug-likeness (QED) is 0.699. The molecule has 1 aromatic heterocycles. The average molecular weight is 358 g/mol. The van der Waals surface area contributed by atoms with Crippen molar-refractivity contribution in [3.05, 3.63) is 77.5 Å². The first-order valence-electron chi connectivity index (χ1n) is 9.09. The van der Waals surface area contributed by atoms with Gasteiger partial charge < -0.3 is 11.5 Å². The smallest absolute Gasteiger partial charge is 0.249 e. The van der Waals surface area contributed by atoms with E-state index in [1.54, 1.807) is 12.1 Å². The molecule has 4 nitrogen and oxygen atoms in total. The SMILES string of the molecule is CC(C)Cc1[c]c(-c2ccc(CN)cc2)cc(-c2ccccc2C(N)=O)n1. The standard InChI is InChI=1S/C23H24N3O/c1-15(2)11-19-12-18(17-9-7-16(14-24)8-10-17)13-22(26-19)20-5-3-4-6-21(20)23(25)27/h3-10,13,15H,11,14,24H2,1-2H3,(H2,25,27). The van der Waals surface area contributed by atoms with Crippen LogP contribution in [0.4, 0.5) is 0 Å². The molecule has 0 bridgehead atoms. The lowest BCUT2D eigenvalue weighted by molar-refractivity contribution is 0.100. The predicted molar refractivity (Wildman–Crippen MR) is 109 cm³/mol. The van der Waals surface area contributed by atoms with Gasteiger partial charge in [-0.25, -0.2) is 0 Å². The van der Waals surface area contributed by atoms with Crippen LogP contribution in [0.15, 0.2) is 54.6 Å². The van der Waals surface area contributed by atoms with Gasteiger partial charge in [-0.1, -0.05) is 56.3 Å². The van der Waals surface area contributed by atoms with Crippen LogP contribution in [0.2, 0.25) is 0 Å². The number of nitrogens with zero attached hydrogens (tertiary/aromatic N) is 1. The molecule has 1 radical (unpaired) electrons. The van der Waals surface area contributed by atoms with Gasteiger partial charge in [0.25, 0.3) is 0 Å². The summed E-state index contributed by atoms with van der Waals surface area (Å²) in [6.45, 7) is 4.81. The Balaban J connectivity index is 2.15. The van der Waals surface area contributed by atoms with Crippen molar-refractivity contribution in [3.8, 4) is 22.4 Å². The summed E-state index contributed by atoms with van der Waals surface area (Å²) < 4.78 is 0. The molecule has 0 aliphatic heterocycles. The lowest BCUT2D eigenvalue weighted by Crippen LogP contribution is -2.12. The van der Waals surface area contributed by atoms with E-state index in [1.165, 1.54) is 0 Å². The Labute approximate surface area is 160 Å². The number of amides is 1. The average Bonchev–Trinajstić information content (AvgIpc) is 2.67. The number of nitrogens with two attached hydrogens (primary N) is 2. The van der Waals surface area contributed by atoms with E-state index in [0.29, 0.717) is 18.0 Å². The maximum absolute atomic E-state index is 11.9. The second-order valence-electron chi connectivity index (χ2n) is 7.04. The fraction of sp³-hybridized carbons (Fsp3) is 0.217. The monoisotopic (exact) mass is 358 g/mol.